The number of carbonyl (C=O) groups excluding carboxylic acids is 1. The molecule has 1 atom stereocenters. The number of rotatable bonds is 4. The minimum Gasteiger partial charge on any atom is -0.488 e. The number of carbonyl (C=O) groups is 1. The van der Waals surface area contributed by atoms with Crippen molar-refractivity contribution >= 4 is 12.0 Å². The Balaban J connectivity index is 1.67. The highest BCUT2D eigenvalue weighted by molar-refractivity contribution is 5.99. The molecule has 2 N–H and O–H groups in total. The summed E-state index contributed by atoms with van der Waals surface area (Å²) < 4.78 is 11.0. The molecule has 0 fully saturated rings. The van der Waals surface area contributed by atoms with Crippen LogP contribution in [0.25, 0.3) is 6.08 Å². The number of ether oxygens (including phenoxy) is 1. The predicted octanol–water partition coefficient (Wildman–Crippen LogP) is 2.39. The smallest absolute Gasteiger partial charge is 0.250 e. The van der Waals surface area contributed by atoms with Crippen LogP contribution in [0.2, 0.25) is 0 Å². The Morgan fingerprint density at radius 3 is 2.83 bits per heavy atom. The van der Waals surface area contributed by atoms with Crippen LogP contribution in [0.4, 0.5) is 0 Å². The minimum atomic E-state index is -1.27. The molecule has 0 aliphatic carbocycles. The van der Waals surface area contributed by atoms with E-state index in [4.69, 9.17) is 9.15 Å². The largest absolute Gasteiger partial charge is 0.488 e. The van der Waals surface area contributed by atoms with E-state index in [1.807, 2.05) is 24.3 Å². The van der Waals surface area contributed by atoms with Crippen LogP contribution < -0.4 is 10.1 Å². The van der Waals surface area contributed by atoms with E-state index in [0.717, 1.165) is 11.3 Å². The van der Waals surface area contributed by atoms with Crippen LogP contribution in [-0.4, -0.2) is 24.2 Å². The Kier molecular flexibility index (Phi) is 3.96. The molecule has 0 radical (unpaired) electrons. The summed E-state index contributed by atoms with van der Waals surface area (Å²) in [7, 11) is 0. The summed E-state index contributed by atoms with van der Waals surface area (Å²) in [6, 6.07) is 11.0. The van der Waals surface area contributed by atoms with Crippen LogP contribution >= 0.6 is 0 Å². The summed E-state index contributed by atoms with van der Waals surface area (Å²) in [4.78, 5) is 12.3. The number of aliphatic hydroxyl groups is 1. The molecule has 1 aromatic heterocycles. The van der Waals surface area contributed by atoms with Gasteiger partial charge >= 0.3 is 0 Å². The SMILES string of the molecule is Cc1ccc(C(C)(O)CNC(=O)C2=Cc3ccccc3OC2)o1. The molecule has 1 aliphatic rings. The van der Waals surface area contributed by atoms with Gasteiger partial charge in [-0.1, -0.05) is 18.2 Å². The number of furan rings is 1. The van der Waals surface area contributed by atoms with Crippen LogP contribution in [0.1, 0.15) is 24.0 Å². The topological polar surface area (TPSA) is 71.7 Å². The molecule has 0 saturated carbocycles. The van der Waals surface area contributed by atoms with Crippen molar-refractivity contribution < 1.29 is 19.1 Å². The highest BCUT2D eigenvalue weighted by Crippen LogP contribution is 2.26. The number of benzene rings is 1. The molecular formula is C18H19NO4. The van der Waals surface area contributed by atoms with E-state index in [1.54, 1.807) is 32.1 Å². The number of hydrogen-bond donors (Lipinski definition) is 2. The molecule has 1 amide bonds. The van der Waals surface area contributed by atoms with E-state index in [-0.39, 0.29) is 19.1 Å². The van der Waals surface area contributed by atoms with Crippen molar-refractivity contribution in [3.63, 3.8) is 0 Å². The summed E-state index contributed by atoms with van der Waals surface area (Å²) in [5, 5.41) is 13.2. The van der Waals surface area contributed by atoms with Gasteiger partial charge in [-0.3, -0.25) is 4.79 Å². The summed E-state index contributed by atoms with van der Waals surface area (Å²) in [6.45, 7) is 3.68. The van der Waals surface area contributed by atoms with E-state index in [2.05, 4.69) is 5.32 Å². The number of hydrogen-bond acceptors (Lipinski definition) is 4. The Bertz CT molecular complexity index is 758. The van der Waals surface area contributed by atoms with Crippen LogP contribution in [0.15, 0.2) is 46.4 Å². The zero-order valence-electron chi connectivity index (χ0n) is 13.1. The van der Waals surface area contributed by atoms with Gasteiger partial charge < -0.3 is 19.6 Å². The highest BCUT2D eigenvalue weighted by Gasteiger charge is 2.28. The van der Waals surface area contributed by atoms with Gasteiger partial charge in [-0.15, -0.1) is 0 Å². The molecule has 1 aliphatic heterocycles. The number of para-hydroxylation sites is 1. The molecule has 0 spiro atoms. The molecule has 0 saturated heterocycles. The standard InChI is InChI=1S/C18H19NO4/c1-12-7-8-16(23-12)18(2,21)11-19-17(20)14-9-13-5-3-4-6-15(13)22-10-14/h3-9,21H,10-11H2,1-2H3,(H,19,20). The van der Waals surface area contributed by atoms with E-state index in [9.17, 15) is 9.90 Å². The fourth-order valence-electron chi connectivity index (χ4n) is 2.42. The van der Waals surface area contributed by atoms with Gasteiger partial charge in [0, 0.05) is 5.56 Å². The maximum absolute atomic E-state index is 12.3. The average molecular weight is 313 g/mol. The zero-order chi connectivity index (χ0) is 16.4. The normalized spacial score (nSPS) is 15.9. The minimum absolute atomic E-state index is 0.0533. The maximum Gasteiger partial charge on any atom is 0.250 e. The van der Waals surface area contributed by atoms with Crippen molar-refractivity contribution in [3.05, 3.63) is 59.1 Å². The lowest BCUT2D eigenvalue weighted by Crippen LogP contribution is -2.39. The fourth-order valence-corrected chi connectivity index (χ4v) is 2.42. The van der Waals surface area contributed by atoms with Gasteiger partial charge in [0.15, 0.2) is 0 Å². The van der Waals surface area contributed by atoms with Gasteiger partial charge in [-0.05, 0) is 38.1 Å². The number of fused-ring (bicyclic) bond motifs is 1. The zero-order valence-corrected chi connectivity index (χ0v) is 13.1. The van der Waals surface area contributed by atoms with Crippen molar-refractivity contribution in [1.82, 2.24) is 5.32 Å². The van der Waals surface area contributed by atoms with Gasteiger partial charge in [-0.2, -0.15) is 0 Å². The Morgan fingerprint density at radius 2 is 2.09 bits per heavy atom. The molecule has 3 rings (SSSR count). The van der Waals surface area contributed by atoms with E-state index in [0.29, 0.717) is 17.1 Å². The van der Waals surface area contributed by atoms with Crippen LogP contribution in [-0.2, 0) is 10.4 Å². The first-order valence-corrected chi connectivity index (χ1v) is 7.45. The van der Waals surface area contributed by atoms with Gasteiger partial charge in [-0.25, -0.2) is 0 Å². The molecule has 120 valence electrons. The predicted molar refractivity (Wildman–Crippen MR) is 85.9 cm³/mol. The molecule has 1 aromatic carbocycles. The Hall–Kier alpha value is -2.53. The summed E-state index contributed by atoms with van der Waals surface area (Å²) >= 11 is 0. The van der Waals surface area contributed by atoms with Crippen molar-refractivity contribution in [2.45, 2.75) is 19.4 Å². The quantitative estimate of drug-likeness (QED) is 0.909. The van der Waals surface area contributed by atoms with Crippen molar-refractivity contribution in [2.24, 2.45) is 0 Å². The molecular weight excluding hydrogens is 294 g/mol. The van der Waals surface area contributed by atoms with Crippen molar-refractivity contribution in [1.29, 1.82) is 0 Å². The van der Waals surface area contributed by atoms with Crippen molar-refractivity contribution in [3.8, 4) is 5.75 Å². The first-order chi connectivity index (χ1) is 11.0. The van der Waals surface area contributed by atoms with Crippen LogP contribution in [0.5, 0.6) is 5.75 Å². The maximum atomic E-state index is 12.3. The van der Waals surface area contributed by atoms with E-state index in [1.165, 1.54) is 0 Å². The third kappa shape index (κ3) is 3.29. The van der Waals surface area contributed by atoms with Gasteiger partial charge in [0.2, 0.25) is 0 Å². The van der Waals surface area contributed by atoms with Gasteiger partial charge in [0.25, 0.3) is 5.91 Å². The molecule has 2 heterocycles. The second-order valence-electron chi connectivity index (χ2n) is 5.86. The molecule has 2 aromatic rings. The van der Waals surface area contributed by atoms with Gasteiger partial charge in [0.05, 0.1) is 12.1 Å². The average Bonchev–Trinajstić information content (AvgIpc) is 2.99. The number of aryl methyl sites for hydroxylation is 1. The van der Waals surface area contributed by atoms with Crippen molar-refractivity contribution in [2.75, 3.05) is 13.2 Å². The number of nitrogens with one attached hydrogen (secondary N) is 1. The second-order valence-corrected chi connectivity index (χ2v) is 5.86. The first-order valence-electron chi connectivity index (χ1n) is 7.45. The Morgan fingerprint density at radius 1 is 1.30 bits per heavy atom. The first kappa shape index (κ1) is 15.4. The second kappa shape index (κ2) is 5.93. The molecule has 1 unspecified atom stereocenters. The lowest BCUT2D eigenvalue weighted by atomic mass is 10.0. The van der Waals surface area contributed by atoms with Crippen LogP contribution in [0, 0.1) is 6.92 Å². The Labute approximate surface area is 134 Å². The fraction of sp³-hybridized carbons (Fsp3) is 0.278. The van der Waals surface area contributed by atoms with E-state index >= 15 is 0 Å². The molecule has 23 heavy (non-hydrogen) atoms. The summed E-state index contributed by atoms with van der Waals surface area (Å²) in [6.07, 6.45) is 1.81. The lowest BCUT2D eigenvalue weighted by molar-refractivity contribution is -0.119. The molecule has 5 nitrogen and oxygen atoms in total. The third-order valence-electron chi connectivity index (χ3n) is 3.79. The number of amides is 1. The third-order valence-corrected chi connectivity index (χ3v) is 3.79. The molecule has 5 heteroatoms. The lowest BCUT2D eigenvalue weighted by Gasteiger charge is -2.23. The highest BCUT2D eigenvalue weighted by atomic mass is 16.5. The molecule has 0 bridgehead atoms. The summed E-state index contributed by atoms with van der Waals surface area (Å²) in [5.74, 6) is 1.64. The van der Waals surface area contributed by atoms with Gasteiger partial charge in [0.1, 0.15) is 29.5 Å². The monoisotopic (exact) mass is 313 g/mol. The van der Waals surface area contributed by atoms with Crippen LogP contribution in [0.3, 0.4) is 0 Å². The summed E-state index contributed by atoms with van der Waals surface area (Å²) in [5.41, 5.74) is 0.130. The van der Waals surface area contributed by atoms with E-state index < -0.39 is 5.60 Å².